The fourth-order valence-electron chi connectivity index (χ4n) is 1.10. The molecule has 4 nitrogen and oxygen atoms in total. The standard InChI is InChI=1S/C9H8F3N3OS/c10-9(11,12)7-2-1-3-8(6-7)17(16)5-4-14-15-13/h1-3,6H,4-5H2. The average Bonchev–Trinajstić information content (AvgIpc) is 2.28. The van der Waals surface area contributed by atoms with E-state index in [1.54, 1.807) is 0 Å². The van der Waals surface area contributed by atoms with Gasteiger partial charge in [0.05, 0.1) is 16.4 Å². The van der Waals surface area contributed by atoms with E-state index in [1.165, 1.54) is 12.1 Å². The zero-order valence-electron chi connectivity index (χ0n) is 8.52. The number of nitrogens with zero attached hydrogens (tertiary/aromatic N) is 3. The van der Waals surface area contributed by atoms with Gasteiger partial charge in [-0.2, -0.15) is 13.2 Å². The van der Waals surface area contributed by atoms with Crippen molar-refractivity contribution < 1.29 is 17.4 Å². The topological polar surface area (TPSA) is 65.8 Å². The van der Waals surface area contributed by atoms with Crippen LogP contribution in [0, 0.1) is 0 Å². The minimum Gasteiger partial charge on any atom is -0.254 e. The molecule has 0 radical (unpaired) electrons. The lowest BCUT2D eigenvalue weighted by Crippen LogP contribution is -2.07. The van der Waals surface area contributed by atoms with E-state index in [-0.39, 0.29) is 17.2 Å². The molecule has 0 N–H and O–H groups in total. The Morgan fingerprint density at radius 1 is 1.41 bits per heavy atom. The molecule has 0 saturated carbocycles. The lowest BCUT2D eigenvalue weighted by molar-refractivity contribution is -0.137. The van der Waals surface area contributed by atoms with E-state index in [2.05, 4.69) is 10.0 Å². The van der Waals surface area contributed by atoms with Gasteiger partial charge in [0.2, 0.25) is 0 Å². The predicted octanol–water partition coefficient (Wildman–Crippen LogP) is 3.12. The highest BCUT2D eigenvalue weighted by atomic mass is 32.2. The van der Waals surface area contributed by atoms with Gasteiger partial charge in [0.25, 0.3) is 0 Å². The van der Waals surface area contributed by atoms with Gasteiger partial charge in [-0.05, 0) is 23.7 Å². The molecule has 1 unspecified atom stereocenters. The third-order valence-electron chi connectivity index (χ3n) is 1.86. The number of rotatable bonds is 4. The lowest BCUT2D eigenvalue weighted by atomic mass is 10.2. The maximum absolute atomic E-state index is 12.4. The van der Waals surface area contributed by atoms with Crippen molar-refractivity contribution >= 4 is 10.8 Å². The molecule has 0 bridgehead atoms. The minimum atomic E-state index is -4.45. The highest BCUT2D eigenvalue weighted by Crippen LogP contribution is 2.30. The summed E-state index contributed by atoms with van der Waals surface area (Å²) < 4.78 is 48.7. The van der Waals surface area contributed by atoms with E-state index in [4.69, 9.17) is 5.53 Å². The molecule has 0 spiro atoms. The first-order valence-electron chi connectivity index (χ1n) is 4.51. The Hall–Kier alpha value is -1.53. The monoisotopic (exact) mass is 263 g/mol. The van der Waals surface area contributed by atoms with Crippen molar-refractivity contribution in [2.45, 2.75) is 11.1 Å². The summed E-state index contributed by atoms with van der Waals surface area (Å²) in [5.74, 6) is 0.00533. The van der Waals surface area contributed by atoms with Crippen molar-refractivity contribution in [3.05, 3.63) is 40.3 Å². The first kappa shape index (κ1) is 13.5. The SMILES string of the molecule is [N-]=[N+]=NCCS(=O)c1cccc(C(F)(F)F)c1. The number of hydrogen-bond donors (Lipinski definition) is 0. The Morgan fingerprint density at radius 2 is 2.12 bits per heavy atom. The summed E-state index contributed by atoms with van der Waals surface area (Å²) in [6.07, 6.45) is -4.45. The molecule has 1 aromatic rings. The first-order chi connectivity index (χ1) is 7.95. The van der Waals surface area contributed by atoms with Gasteiger partial charge in [-0.25, -0.2) is 0 Å². The molecular formula is C9H8F3N3OS. The first-order valence-corrected chi connectivity index (χ1v) is 5.83. The molecule has 1 aromatic carbocycles. The van der Waals surface area contributed by atoms with E-state index in [0.29, 0.717) is 0 Å². The number of alkyl halides is 3. The molecule has 0 amide bonds. The third-order valence-corrected chi connectivity index (χ3v) is 3.20. The van der Waals surface area contributed by atoms with Gasteiger partial charge >= 0.3 is 6.18 Å². The molecule has 17 heavy (non-hydrogen) atoms. The highest BCUT2D eigenvalue weighted by molar-refractivity contribution is 7.85. The molecule has 1 atom stereocenters. The van der Waals surface area contributed by atoms with E-state index in [0.717, 1.165) is 12.1 Å². The zero-order chi connectivity index (χ0) is 12.9. The molecule has 0 saturated heterocycles. The van der Waals surface area contributed by atoms with Gasteiger partial charge < -0.3 is 0 Å². The summed E-state index contributed by atoms with van der Waals surface area (Å²) in [5, 5.41) is 3.17. The van der Waals surface area contributed by atoms with Gasteiger partial charge in [-0.15, -0.1) is 0 Å². The van der Waals surface area contributed by atoms with E-state index in [9.17, 15) is 17.4 Å². The van der Waals surface area contributed by atoms with E-state index >= 15 is 0 Å². The van der Waals surface area contributed by atoms with E-state index in [1.807, 2.05) is 0 Å². The highest BCUT2D eigenvalue weighted by Gasteiger charge is 2.30. The second-order valence-corrected chi connectivity index (χ2v) is 4.60. The number of hydrogen-bond acceptors (Lipinski definition) is 2. The quantitative estimate of drug-likeness (QED) is 0.467. The van der Waals surface area contributed by atoms with Crippen molar-refractivity contribution in [2.75, 3.05) is 12.3 Å². The second-order valence-electron chi connectivity index (χ2n) is 3.03. The molecule has 0 aromatic heterocycles. The zero-order valence-corrected chi connectivity index (χ0v) is 9.33. The van der Waals surface area contributed by atoms with E-state index < -0.39 is 22.5 Å². The molecule has 0 fully saturated rings. The number of azide groups is 1. The molecule has 8 heteroatoms. The van der Waals surface area contributed by atoms with Crippen LogP contribution in [0.1, 0.15) is 5.56 Å². The van der Waals surface area contributed by atoms with Crippen LogP contribution in [-0.4, -0.2) is 16.5 Å². The van der Waals surface area contributed by atoms with Crippen molar-refractivity contribution in [1.29, 1.82) is 0 Å². The molecule has 0 aliphatic rings. The van der Waals surface area contributed by atoms with Gasteiger partial charge in [-0.3, -0.25) is 4.21 Å². The maximum atomic E-state index is 12.4. The molecule has 0 heterocycles. The maximum Gasteiger partial charge on any atom is 0.416 e. The summed E-state index contributed by atoms with van der Waals surface area (Å²) >= 11 is 0. The Balaban J connectivity index is 2.84. The van der Waals surface area contributed by atoms with Gasteiger partial charge in [-0.1, -0.05) is 11.2 Å². The summed E-state index contributed by atoms with van der Waals surface area (Å²) in [6.45, 7) is -0.0145. The smallest absolute Gasteiger partial charge is 0.254 e. The molecular weight excluding hydrogens is 255 g/mol. The lowest BCUT2D eigenvalue weighted by Gasteiger charge is -2.07. The van der Waals surface area contributed by atoms with Crippen LogP contribution in [-0.2, 0) is 17.0 Å². The minimum absolute atomic E-state index is 0.00533. The second kappa shape index (κ2) is 5.70. The molecule has 1 rings (SSSR count). The largest absolute Gasteiger partial charge is 0.416 e. The Kier molecular flexibility index (Phi) is 4.53. The van der Waals surface area contributed by atoms with Crippen LogP contribution >= 0.6 is 0 Å². The van der Waals surface area contributed by atoms with Crippen molar-refractivity contribution in [3.63, 3.8) is 0 Å². The number of benzene rings is 1. The Bertz CT molecular complexity index is 469. The van der Waals surface area contributed by atoms with Crippen molar-refractivity contribution in [3.8, 4) is 0 Å². The van der Waals surface area contributed by atoms with Crippen LogP contribution in [0.5, 0.6) is 0 Å². The third kappa shape index (κ3) is 4.08. The van der Waals surface area contributed by atoms with Crippen LogP contribution in [0.25, 0.3) is 10.4 Å². The average molecular weight is 263 g/mol. The van der Waals surface area contributed by atoms with Crippen LogP contribution in [0.4, 0.5) is 13.2 Å². The number of halogens is 3. The Labute approximate surface area is 97.5 Å². The molecule has 0 aliphatic heterocycles. The van der Waals surface area contributed by atoms with Crippen LogP contribution in [0.15, 0.2) is 34.3 Å². The molecule has 0 aliphatic carbocycles. The predicted molar refractivity (Wildman–Crippen MR) is 56.7 cm³/mol. The summed E-state index contributed by atoms with van der Waals surface area (Å²) in [7, 11) is -1.59. The van der Waals surface area contributed by atoms with Gasteiger partial charge in [0, 0.05) is 22.1 Å². The fraction of sp³-hybridized carbons (Fsp3) is 0.333. The summed E-state index contributed by atoms with van der Waals surface area (Å²) in [6, 6.07) is 4.30. The molecule has 92 valence electrons. The van der Waals surface area contributed by atoms with Gasteiger partial charge in [0.15, 0.2) is 0 Å². The van der Waals surface area contributed by atoms with Crippen LogP contribution in [0.3, 0.4) is 0 Å². The van der Waals surface area contributed by atoms with Crippen LogP contribution < -0.4 is 0 Å². The van der Waals surface area contributed by atoms with Crippen molar-refractivity contribution in [1.82, 2.24) is 0 Å². The van der Waals surface area contributed by atoms with Crippen LogP contribution in [0.2, 0.25) is 0 Å². The normalized spacial score (nSPS) is 12.9. The van der Waals surface area contributed by atoms with Gasteiger partial charge in [0.1, 0.15) is 0 Å². The van der Waals surface area contributed by atoms with Crippen molar-refractivity contribution in [2.24, 2.45) is 5.11 Å². The summed E-state index contributed by atoms with van der Waals surface area (Å²) in [5.41, 5.74) is 7.17. The fourth-order valence-corrected chi connectivity index (χ4v) is 2.07. The Morgan fingerprint density at radius 3 is 2.71 bits per heavy atom. The summed E-state index contributed by atoms with van der Waals surface area (Å²) in [4.78, 5) is 2.55.